The number of carbonyl (C=O) groups excluding carboxylic acids is 1. The number of thioether (sulfide) groups is 1. The first-order valence-corrected chi connectivity index (χ1v) is 7.47. The van der Waals surface area contributed by atoms with Gasteiger partial charge in [0, 0.05) is 29.4 Å². The molecule has 0 saturated carbocycles. The lowest BCUT2D eigenvalue weighted by atomic mass is 10.2. The van der Waals surface area contributed by atoms with E-state index in [9.17, 15) is 4.79 Å². The molecule has 1 amide bonds. The molecule has 96 valence electrons. The molecule has 6 heteroatoms. The molecule has 1 heterocycles. The van der Waals surface area contributed by atoms with Gasteiger partial charge in [-0.3, -0.25) is 4.79 Å². The number of rotatable bonds is 5. The molecular weight excluding hydrogens is 278 g/mol. The van der Waals surface area contributed by atoms with E-state index in [1.807, 2.05) is 11.4 Å². The molecule has 0 bridgehead atoms. The monoisotopic (exact) mass is 289 g/mol. The van der Waals surface area contributed by atoms with Gasteiger partial charge in [-0.05, 0) is 24.3 Å². The number of aromatic nitrogens is 1. The van der Waals surface area contributed by atoms with Gasteiger partial charge in [0.25, 0.3) is 0 Å². The van der Waals surface area contributed by atoms with Gasteiger partial charge in [0.05, 0.1) is 11.6 Å². The molecule has 0 aliphatic carbocycles. The van der Waals surface area contributed by atoms with Gasteiger partial charge in [-0.2, -0.15) is 5.26 Å². The maximum absolute atomic E-state index is 11.7. The Hall–Kier alpha value is -1.84. The molecule has 0 aliphatic heterocycles. The molecule has 2 aromatic rings. The number of nitrogens with zero attached hydrogens (tertiary/aromatic N) is 2. The molecule has 0 atom stereocenters. The topological polar surface area (TPSA) is 65.8 Å². The van der Waals surface area contributed by atoms with E-state index in [1.165, 1.54) is 0 Å². The molecule has 1 aromatic carbocycles. The fourth-order valence-corrected chi connectivity index (χ4v) is 3.01. The minimum Gasteiger partial charge on any atom is -0.326 e. The van der Waals surface area contributed by atoms with Crippen LogP contribution in [0.2, 0.25) is 0 Å². The van der Waals surface area contributed by atoms with E-state index < -0.39 is 0 Å². The summed E-state index contributed by atoms with van der Waals surface area (Å²) >= 11 is 3.15. The smallest absolute Gasteiger partial charge is 0.225 e. The summed E-state index contributed by atoms with van der Waals surface area (Å²) in [5.41, 5.74) is 1.29. The molecule has 1 N–H and O–H groups in total. The van der Waals surface area contributed by atoms with Crippen LogP contribution in [-0.4, -0.2) is 16.6 Å². The zero-order valence-corrected chi connectivity index (χ0v) is 11.6. The number of hydrogen-bond acceptors (Lipinski definition) is 5. The molecule has 0 aliphatic rings. The number of anilines is 1. The molecule has 0 fully saturated rings. The van der Waals surface area contributed by atoms with E-state index in [-0.39, 0.29) is 5.91 Å². The van der Waals surface area contributed by atoms with Crippen LogP contribution in [0.15, 0.2) is 40.2 Å². The van der Waals surface area contributed by atoms with Crippen LogP contribution in [0.5, 0.6) is 0 Å². The number of thiazole rings is 1. The Bertz CT molecular complexity index is 573. The minimum atomic E-state index is -0.0336. The van der Waals surface area contributed by atoms with Gasteiger partial charge in [-0.1, -0.05) is 11.8 Å². The number of carbonyl (C=O) groups is 1. The molecular formula is C13H11N3OS2. The summed E-state index contributed by atoms with van der Waals surface area (Å²) in [5.74, 6) is 0.670. The highest BCUT2D eigenvalue weighted by molar-refractivity contribution is 8.01. The van der Waals surface area contributed by atoms with Crippen molar-refractivity contribution in [3.63, 3.8) is 0 Å². The van der Waals surface area contributed by atoms with Crippen LogP contribution in [0.1, 0.15) is 12.0 Å². The van der Waals surface area contributed by atoms with Crippen molar-refractivity contribution in [3.8, 4) is 6.07 Å². The largest absolute Gasteiger partial charge is 0.326 e. The van der Waals surface area contributed by atoms with Crippen LogP contribution in [0.3, 0.4) is 0 Å². The summed E-state index contributed by atoms with van der Waals surface area (Å²) in [6.07, 6.45) is 2.19. The van der Waals surface area contributed by atoms with Gasteiger partial charge in [0.2, 0.25) is 5.91 Å². The summed E-state index contributed by atoms with van der Waals surface area (Å²) in [6, 6.07) is 8.85. The third kappa shape index (κ3) is 4.39. The molecule has 0 saturated heterocycles. The summed E-state index contributed by atoms with van der Waals surface area (Å²) in [6.45, 7) is 0. The summed E-state index contributed by atoms with van der Waals surface area (Å²) in [4.78, 5) is 15.8. The van der Waals surface area contributed by atoms with E-state index in [2.05, 4.69) is 10.3 Å². The third-order valence-electron chi connectivity index (χ3n) is 2.26. The Balaban J connectivity index is 1.76. The van der Waals surface area contributed by atoms with Gasteiger partial charge in [-0.25, -0.2) is 4.98 Å². The normalized spacial score (nSPS) is 9.84. The average molecular weight is 289 g/mol. The summed E-state index contributed by atoms with van der Waals surface area (Å²) in [7, 11) is 0. The van der Waals surface area contributed by atoms with Crippen molar-refractivity contribution >= 4 is 34.7 Å². The van der Waals surface area contributed by atoms with Gasteiger partial charge in [0.15, 0.2) is 0 Å². The molecule has 0 radical (unpaired) electrons. The first-order valence-electron chi connectivity index (χ1n) is 5.60. The number of amides is 1. The molecule has 4 nitrogen and oxygen atoms in total. The van der Waals surface area contributed by atoms with E-state index in [1.54, 1.807) is 53.6 Å². The van der Waals surface area contributed by atoms with Crippen LogP contribution in [0.4, 0.5) is 5.69 Å². The van der Waals surface area contributed by atoms with E-state index in [0.29, 0.717) is 23.4 Å². The van der Waals surface area contributed by atoms with Crippen LogP contribution in [0.25, 0.3) is 0 Å². The number of nitrogens with one attached hydrogen (secondary N) is 1. The van der Waals surface area contributed by atoms with Crippen molar-refractivity contribution < 1.29 is 4.79 Å². The second-order valence-corrected chi connectivity index (χ2v) is 5.87. The van der Waals surface area contributed by atoms with E-state index in [0.717, 1.165) is 4.34 Å². The summed E-state index contributed by atoms with van der Waals surface area (Å²) in [5, 5.41) is 13.4. The van der Waals surface area contributed by atoms with Crippen molar-refractivity contribution in [1.82, 2.24) is 4.98 Å². The zero-order chi connectivity index (χ0) is 13.5. The van der Waals surface area contributed by atoms with Crippen molar-refractivity contribution in [2.45, 2.75) is 10.8 Å². The highest BCUT2D eigenvalue weighted by atomic mass is 32.2. The number of nitriles is 1. The lowest BCUT2D eigenvalue weighted by molar-refractivity contribution is -0.115. The van der Waals surface area contributed by atoms with Crippen LogP contribution >= 0.6 is 23.1 Å². The highest BCUT2D eigenvalue weighted by Gasteiger charge is 2.04. The first kappa shape index (κ1) is 13.6. The standard InChI is InChI=1S/C13H11N3OS2/c14-9-10-1-3-11(4-2-10)16-12(17)5-7-18-13-15-6-8-19-13/h1-4,6,8H,5,7H2,(H,16,17). The minimum absolute atomic E-state index is 0.0336. The highest BCUT2D eigenvalue weighted by Crippen LogP contribution is 2.20. The predicted molar refractivity (Wildman–Crippen MR) is 77.2 cm³/mol. The van der Waals surface area contributed by atoms with Crippen LogP contribution < -0.4 is 5.32 Å². The average Bonchev–Trinajstić information content (AvgIpc) is 2.93. The Labute approximate surface area is 119 Å². The Morgan fingerprint density at radius 3 is 2.84 bits per heavy atom. The lowest BCUT2D eigenvalue weighted by Gasteiger charge is -2.04. The van der Waals surface area contributed by atoms with Crippen LogP contribution in [0, 0.1) is 11.3 Å². The second kappa shape index (κ2) is 6.92. The number of hydrogen-bond donors (Lipinski definition) is 1. The van der Waals surface area contributed by atoms with Crippen molar-refractivity contribution in [3.05, 3.63) is 41.4 Å². The molecule has 2 rings (SSSR count). The van der Waals surface area contributed by atoms with Gasteiger partial charge < -0.3 is 5.32 Å². The van der Waals surface area contributed by atoms with Gasteiger partial charge in [0.1, 0.15) is 4.34 Å². The maximum atomic E-state index is 11.7. The molecule has 1 aromatic heterocycles. The Kier molecular flexibility index (Phi) is 4.95. The fourth-order valence-electron chi connectivity index (χ4n) is 1.36. The second-order valence-electron chi connectivity index (χ2n) is 3.63. The predicted octanol–water partition coefficient (Wildman–Crippen LogP) is 3.14. The van der Waals surface area contributed by atoms with Gasteiger partial charge in [-0.15, -0.1) is 11.3 Å². The van der Waals surface area contributed by atoms with Gasteiger partial charge >= 0.3 is 0 Å². The third-order valence-corrected chi connectivity index (χ3v) is 4.23. The summed E-state index contributed by atoms with van der Waals surface area (Å²) < 4.78 is 0.978. The van der Waals surface area contributed by atoms with E-state index >= 15 is 0 Å². The quantitative estimate of drug-likeness (QED) is 0.859. The maximum Gasteiger partial charge on any atom is 0.225 e. The van der Waals surface area contributed by atoms with Crippen LogP contribution in [-0.2, 0) is 4.79 Å². The van der Waals surface area contributed by atoms with Crippen molar-refractivity contribution in [1.29, 1.82) is 5.26 Å². The lowest BCUT2D eigenvalue weighted by Crippen LogP contribution is -2.12. The fraction of sp³-hybridized carbons (Fsp3) is 0.154. The first-order chi connectivity index (χ1) is 9.28. The molecule has 0 unspecified atom stereocenters. The Morgan fingerprint density at radius 1 is 1.42 bits per heavy atom. The SMILES string of the molecule is N#Cc1ccc(NC(=O)CCSc2nccs2)cc1. The molecule has 19 heavy (non-hydrogen) atoms. The zero-order valence-electron chi connectivity index (χ0n) is 10.00. The number of benzene rings is 1. The van der Waals surface area contributed by atoms with Crippen molar-refractivity contribution in [2.24, 2.45) is 0 Å². The van der Waals surface area contributed by atoms with Crippen molar-refractivity contribution in [2.75, 3.05) is 11.1 Å². The molecule has 0 spiro atoms. The van der Waals surface area contributed by atoms with E-state index in [4.69, 9.17) is 5.26 Å². The Morgan fingerprint density at radius 2 is 2.21 bits per heavy atom.